The Balaban J connectivity index is 1.92. The number of aromatic amines is 1. The second kappa shape index (κ2) is 5.63. The number of hydrogen-bond donors (Lipinski definition) is 1. The van der Waals surface area contributed by atoms with Gasteiger partial charge in [-0.25, -0.2) is 0 Å². The van der Waals surface area contributed by atoms with E-state index >= 15 is 0 Å². The molecule has 1 aliphatic rings. The van der Waals surface area contributed by atoms with Crippen molar-refractivity contribution in [3.05, 3.63) is 29.5 Å². The summed E-state index contributed by atoms with van der Waals surface area (Å²) in [5.74, 6) is -0.652. The van der Waals surface area contributed by atoms with Crippen LogP contribution in [0, 0.1) is 0 Å². The summed E-state index contributed by atoms with van der Waals surface area (Å²) in [6.07, 6.45) is -3.86. The van der Waals surface area contributed by atoms with Crippen molar-refractivity contribution < 1.29 is 22.4 Å². The fourth-order valence-electron chi connectivity index (χ4n) is 2.22. The quantitative estimate of drug-likeness (QED) is 0.901. The number of thioether (sulfide) groups is 1. The van der Waals surface area contributed by atoms with Crippen LogP contribution >= 0.6 is 11.8 Å². The average molecular weight is 333 g/mol. The highest BCUT2D eigenvalue weighted by Gasteiger charge is 2.42. The predicted molar refractivity (Wildman–Crippen MR) is 69.0 cm³/mol. The lowest BCUT2D eigenvalue weighted by Gasteiger charge is -2.33. The normalized spacial score (nSPS) is 19.4. The zero-order chi connectivity index (χ0) is 15.7. The third-order valence-electron chi connectivity index (χ3n) is 3.20. The lowest BCUT2D eigenvalue weighted by molar-refractivity contribution is -0.153. The number of carbonyl (C=O) groups excluding carboxylic acids is 1. The van der Waals surface area contributed by atoms with Crippen molar-refractivity contribution in [3.8, 4) is 0 Å². The minimum absolute atomic E-state index is 0.276. The molecule has 0 aliphatic carbocycles. The Labute approximate surface area is 126 Å². The standard InChI is InChI=1S/C11H10F3N5O2S/c12-11(13,14)8-6(1-3-21-8)10(20)19-2-4-22-5-7(19)9-15-17-18-16-9/h1,3,7H,2,4-5H2,(H,15,16,17,18). The van der Waals surface area contributed by atoms with Gasteiger partial charge in [-0.3, -0.25) is 4.79 Å². The number of furan rings is 1. The van der Waals surface area contributed by atoms with E-state index < -0.39 is 29.4 Å². The topological polar surface area (TPSA) is 87.9 Å². The number of hydrogen-bond acceptors (Lipinski definition) is 6. The SMILES string of the molecule is O=C(c1ccoc1C(F)(F)F)N1CCSCC1c1nn[nH]n1. The van der Waals surface area contributed by atoms with E-state index in [-0.39, 0.29) is 5.82 Å². The van der Waals surface area contributed by atoms with Gasteiger partial charge in [0.05, 0.1) is 11.8 Å². The molecule has 11 heteroatoms. The van der Waals surface area contributed by atoms with Crippen LogP contribution < -0.4 is 0 Å². The average Bonchev–Trinajstić information content (AvgIpc) is 3.17. The molecule has 1 unspecified atom stereocenters. The van der Waals surface area contributed by atoms with E-state index in [2.05, 4.69) is 25.0 Å². The number of rotatable bonds is 2. The maximum Gasteiger partial charge on any atom is 0.450 e. The molecule has 3 rings (SSSR count). The van der Waals surface area contributed by atoms with E-state index in [4.69, 9.17) is 0 Å². The van der Waals surface area contributed by atoms with Gasteiger partial charge in [-0.15, -0.1) is 10.2 Å². The molecule has 0 saturated carbocycles. The number of amides is 1. The molecular formula is C11H10F3N5O2S. The van der Waals surface area contributed by atoms with E-state index in [0.717, 1.165) is 12.3 Å². The molecular weight excluding hydrogens is 323 g/mol. The van der Waals surface area contributed by atoms with Gasteiger partial charge in [-0.05, 0) is 6.07 Å². The lowest BCUT2D eigenvalue weighted by atomic mass is 10.1. The highest BCUT2D eigenvalue weighted by atomic mass is 32.2. The number of carbonyl (C=O) groups is 1. The van der Waals surface area contributed by atoms with Crippen LogP contribution in [-0.4, -0.2) is 49.5 Å². The van der Waals surface area contributed by atoms with Crippen LogP contribution in [0.1, 0.15) is 28.0 Å². The summed E-state index contributed by atoms with van der Waals surface area (Å²) >= 11 is 1.57. The number of tetrazole rings is 1. The van der Waals surface area contributed by atoms with Crippen LogP contribution in [0.15, 0.2) is 16.7 Å². The largest absolute Gasteiger partial charge is 0.459 e. The van der Waals surface area contributed by atoms with Gasteiger partial charge in [0.1, 0.15) is 6.04 Å². The second-order valence-corrected chi connectivity index (χ2v) is 5.67. The molecule has 22 heavy (non-hydrogen) atoms. The van der Waals surface area contributed by atoms with E-state index in [1.807, 2.05) is 0 Å². The summed E-state index contributed by atoms with van der Waals surface area (Å²) in [4.78, 5) is 13.8. The van der Waals surface area contributed by atoms with Gasteiger partial charge < -0.3 is 9.32 Å². The molecule has 0 aromatic carbocycles. The van der Waals surface area contributed by atoms with Gasteiger partial charge >= 0.3 is 6.18 Å². The molecule has 0 bridgehead atoms. The number of alkyl halides is 3. The van der Waals surface area contributed by atoms with Crippen molar-refractivity contribution in [2.75, 3.05) is 18.1 Å². The fraction of sp³-hybridized carbons (Fsp3) is 0.455. The summed E-state index contributed by atoms with van der Waals surface area (Å²) in [7, 11) is 0. The molecule has 1 atom stereocenters. The first-order chi connectivity index (χ1) is 10.5. The fourth-order valence-corrected chi connectivity index (χ4v) is 3.27. The highest BCUT2D eigenvalue weighted by molar-refractivity contribution is 7.99. The molecule has 7 nitrogen and oxygen atoms in total. The summed E-state index contributed by atoms with van der Waals surface area (Å²) in [6, 6.07) is 0.501. The highest BCUT2D eigenvalue weighted by Crippen LogP contribution is 2.35. The van der Waals surface area contributed by atoms with Crippen LogP contribution in [0.3, 0.4) is 0 Å². The summed E-state index contributed by atoms with van der Waals surface area (Å²) in [6.45, 7) is 0.297. The van der Waals surface area contributed by atoms with Gasteiger partial charge in [0.25, 0.3) is 5.91 Å². The van der Waals surface area contributed by atoms with E-state index in [0.29, 0.717) is 18.1 Å². The van der Waals surface area contributed by atoms with Gasteiger partial charge in [0.15, 0.2) is 5.82 Å². The van der Waals surface area contributed by atoms with E-state index in [1.54, 1.807) is 11.8 Å². The first kappa shape index (κ1) is 14.9. The first-order valence-corrected chi connectivity index (χ1v) is 7.40. The molecule has 2 aromatic rings. The van der Waals surface area contributed by atoms with Gasteiger partial charge in [-0.2, -0.15) is 30.1 Å². The first-order valence-electron chi connectivity index (χ1n) is 6.25. The minimum Gasteiger partial charge on any atom is -0.459 e. The smallest absolute Gasteiger partial charge is 0.450 e. The number of halogens is 3. The van der Waals surface area contributed by atoms with Crippen molar-refractivity contribution in [1.29, 1.82) is 0 Å². The van der Waals surface area contributed by atoms with Crippen molar-refractivity contribution in [3.63, 3.8) is 0 Å². The van der Waals surface area contributed by atoms with Gasteiger partial charge in [0.2, 0.25) is 5.76 Å². The van der Waals surface area contributed by atoms with Gasteiger partial charge in [0, 0.05) is 18.1 Å². The summed E-state index contributed by atoms with van der Waals surface area (Å²) < 4.78 is 43.1. The second-order valence-electron chi connectivity index (χ2n) is 4.52. The summed E-state index contributed by atoms with van der Waals surface area (Å²) in [5.41, 5.74) is -0.507. The number of nitrogens with one attached hydrogen (secondary N) is 1. The number of H-pyrrole nitrogens is 1. The van der Waals surface area contributed by atoms with Crippen LogP contribution in [0.4, 0.5) is 13.2 Å². The molecule has 1 amide bonds. The zero-order valence-electron chi connectivity index (χ0n) is 11.0. The minimum atomic E-state index is -4.72. The Hall–Kier alpha value is -2.04. The molecule has 1 aliphatic heterocycles. The molecule has 118 valence electrons. The predicted octanol–water partition coefficient (Wildman–Crippen LogP) is 1.74. The molecule has 2 aromatic heterocycles. The Morgan fingerprint density at radius 1 is 1.50 bits per heavy atom. The van der Waals surface area contributed by atoms with Crippen LogP contribution in [0.5, 0.6) is 0 Å². The van der Waals surface area contributed by atoms with Crippen LogP contribution in [-0.2, 0) is 6.18 Å². The molecule has 3 heterocycles. The Bertz CT molecular complexity index is 657. The van der Waals surface area contributed by atoms with Crippen molar-refractivity contribution in [2.24, 2.45) is 0 Å². The molecule has 1 saturated heterocycles. The number of aromatic nitrogens is 4. The van der Waals surface area contributed by atoms with E-state index in [1.165, 1.54) is 4.90 Å². The van der Waals surface area contributed by atoms with Crippen LogP contribution in [0.2, 0.25) is 0 Å². The Kier molecular flexibility index (Phi) is 3.81. The molecule has 1 N–H and O–H groups in total. The maximum atomic E-state index is 12.9. The number of nitrogens with zero attached hydrogens (tertiary/aromatic N) is 4. The monoisotopic (exact) mass is 333 g/mol. The molecule has 0 radical (unpaired) electrons. The van der Waals surface area contributed by atoms with E-state index in [9.17, 15) is 18.0 Å². The van der Waals surface area contributed by atoms with Gasteiger partial charge in [-0.1, -0.05) is 5.21 Å². The Morgan fingerprint density at radius 2 is 2.32 bits per heavy atom. The van der Waals surface area contributed by atoms with Crippen molar-refractivity contribution in [2.45, 2.75) is 12.2 Å². The Morgan fingerprint density at radius 3 is 3.00 bits per heavy atom. The third kappa shape index (κ3) is 2.67. The zero-order valence-corrected chi connectivity index (χ0v) is 11.8. The molecule has 0 spiro atoms. The molecule has 1 fully saturated rings. The maximum absolute atomic E-state index is 12.9. The van der Waals surface area contributed by atoms with Crippen molar-refractivity contribution in [1.82, 2.24) is 25.5 Å². The summed E-state index contributed by atoms with van der Waals surface area (Å²) in [5, 5.41) is 13.4. The van der Waals surface area contributed by atoms with Crippen molar-refractivity contribution >= 4 is 17.7 Å². The van der Waals surface area contributed by atoms with Crippen LogP contribution in [0.25, 0.3) is 0 Å². The lowest BCUT2D eigenvalue weighted by Crippen LogP contribution is -2.41. The third-order valence-corrected chi connectivity index (χ3v) is 4.22.